The standard InChI is InChI=1S/C15H10FN5/c16-10-4-5-13-11(7-10)15(12-3-1-2-6-17-12)18-8-14-20-19-9-21(13)14/h1-7,9H,8H2. The van der Waals surface area contributed by atoms with Crippen molar-refractivity contribution < 1.29 is 4.39 Å². The van der Waals surface area contributed by atoms with E-state index in [9.17, 15) is 4.39 Å². The number of aliphatic imine (C=N–C) groups is 1. The summed E-state index contributed by atoms with van der Waals surface area (Å²) in [5.41, 5.74) is 2.87. The molecule has 0 atom stereocenters. The van der Waals surface area contributed by atoms with E-state index in [1.165, 1.54) is 12.1 Å². The van der Waals surface area contributed by atoms with Crippen LogP contribution in [0.15, 0.2) is 53.9 Å². The maximum Gasteiger partial charge on any atom is 0.159 e. The number of hydrogen-bond acceptors (Lipinski definition) is 4. The molecular weight excluding hydrogens is 269 g/mol. The van der Waals surface area contributed by atoms with Crippen molar-refractivity contribution in [1.82, 2.24) is 19.7 Å². The molecule has 0 bridgehead atoms. The molecule has 0 fully saturated rings. The van der Waals surface area contributed by atoms with Gasteiger partial charge in [-0.25, -0.2) is 4.39 Å². The van der Waals surface area contributed by atoms with E-state index in [0.29, 0.717) is 29.3 Å². The third kappa shape index (κ3) is 1.92. The van der Waals surface area contributed by atoms with Gasteiger partial charge in [0, 0.05) is 11.8 Å². The summed E-state index contributed by atoms with van der Waals surface area (Å²) in [7, 11) is 0. The molecule has 4 rings (SSSR count). The summed E-state index contributed by atoms with van der Waals surface area (Å²) < 4.78 is 15.5. The average molecular weight is 279 g/mol. The molecule has 1 aromatic carbocycles. The molecule has 0 saturated carbocycles. The van der Waals surface area contributed by atoms with Crippen molar-refractivity contribution in [2.75, 3.05) is 0 Å². The van der Waals surface area contributed by atoms with Gasteiger partial charge in [0.1, 0.15) is 18.7 Å². The van der Waals surface area contributed by atoms with Gasteiger partial charge >= 0.3 is 0 Å². The zero-order valence-corrected chi connectivity index (χ0v) is 10.9. The molecule has 0 N–H and O–H groups in total. The van der Waals surface area contributed by atoms with Crippen LogP contribution < -0.4 is 0 Å². The molecule has 21 heavy (non-hydrogen) atoms. The smallest absolute Gasteiger partial charge is 0.159 e. The third-order valence-electron chi connectivity index (χ3n) is 3.38. The van der Waals surface area contributed by atoms with Gasteiger partial charge in [0.25, 0.3) is 0 Å². The highest BCUT2D eigenvalue weighted by Gasteiger charge is 2.20. The summed E-state index contributed by atoms with van der Waals surface area (Å²) in [5, 5.41) is 7.96. The van der Waals surface area contributed by atoms with Crippen molar-refractivity contribution in [3.63, 3.8) is 0 Å². The Kier molecular flexibility index (Phi) is 2.60. The predicted molar refractivity (Wildman–Crippen MR) is 74.9 cm³/mol. The monoisotopic (exact) mass is 279 g/mol. The van der Waals surface area contributed by atoms with Crippen LogP contribution in [0.1, 0.15) is 17.1 Å². The van der Waals surface area contributed by atoms with E-state index in [1.807, 2.05) is 22.8 Å². The van der Waals surface area contributed by atoms with Gasteiger partial charge in [-0.2, -0.15) is 0 Å². The molecule has 0 amide bonds. The highest BCUT2D eigenvalue weighted by molar-refractivity contribution is 6.14. The Balaban J connectivity index is 2.00. The lowest BCUT2D eigenvalue weighted by Crippen LogP contribution is -2.09. The Morgan fingerprint density at radius 3 is 2.95 bits per heavy atom. The van der Waals surface area contributed by atoms with Gasteiger partial charge in [-0.3, -0.25) is 14.5 Å². The van der Waals surface area contributed by atoms with Gasteiger partial charge in [-0.05, 0) is 30.3 Å². The van der Waals surface area contributed by atoms with Crippen molar-refractivity contribution in [2.45, 2.75) is 6.54 Å². The van der Waals surface area contributed by atoms with Gasteiger partial charge in [-0.1, -0.05) is 6.07 Å². The van der Waals surface area contributed by atoms with E-state index in [4.69, 9.17) is 0 Å². The van der Waals surface area contributed by atoms with Crippen LogP contribution in [-0.4, -0.2) is 25.5 Å². The third-order valence-corrected chi connectivity index (χ3v) is 3.38. The molecule has 1 aliphatic heterocycles. The minimum absolute atomic E-state index is 0.311. The quantitative estimate of drug-likeness (QED) is 0.686. The molecule has 0 saturated heterocycles. The Morgan fingerprint density at radius 1 is 1.14 bits per heavy atom. The number of benzene rings is 1. The van der Waals surface area contributed by atoms with Gasteiger partial charge in [0.2, 0.25) is 0 Å². The van der Waals surface area contributed by atoms with E-state index in [0.717, 1.165) is 5.69 Å². The summed E-state index contributed by atoms with van der Waals surface area (Å²) in [6, 6.07) is 10.2. The normalized spacial score (nSPS) is 13.1. The minimum Gasteiger partial charge on any atom is -0.283 e. The van der Waals surface area contributed by atoms with Crippen molar-refractivity contribution in [1.29, 1.82) is 0 Å². The molecule has 102 valence electrons. The fourth-order valence-corrected chi connectivity index (χ4v) is 2.43. The first kappa shape index (κ1) is 11.9. The van der Waals surface area contributed by atoms with Gasteiger partial charge in [-0.15, -0.1) is 10.2 Å². The fraction of sp³-hybridized carbons (Fsp3) is 0.0667. The molecule has 6 heteroatoms. The van der Waals surface area contributed by atoms with Crippen LogP contribution in [0.3, 0.4) is 0 Å². The summed E-state index contributed by atoms with van der Waals surface area (Å²) >= 11 is 0. The second kappa shape index (κ2) is 4.59. The van der Waals surface area contributed by atoms with E-state index >= 15 is 0 Å². The largest absolute Gasteiger partial charge is 0.283 e. The first-order chi connectivity index (χ1) is 10.3. The van der Waals surface area contributed by atoms with Crippen LogP contribution >= 0.6 is 0 Å². The number of aromatic nitrogens is 4. The molecule has 2 aromatic heterocycles. The number of halogens is 1. The second-order valence-corrected chi connectivity index (χ2v) is 4.66. The molecule has 1 aliphatic rings. The van der Waals surface area contributed by atoms with Crippen LogP contribution in [0.25, 0.3) is 5.69 Å². The van der Waals surface area contributed by atoms with E-state index in [-0.39, 0.29) is 5.82 Å². The first-order valence-electron chi connectivity index (χ1n) is 6.48. The molecule has 3 heterocycles. The van der Waals surface area contributed by atoms with Crippen molar-refractivity contribution in [3.8, 4) is 5.69 Å². The summed E-state index contributed by atoms with van der Waals surface area (Å²) in [6.45, 7) is 0.377. The molecule has 0 radical (unpaired) electrons. The molecule has 0 unspecified atom stereocenters. The highest BCUT2D eigenvalue weighted by atomic mass is 19.1. The molecular formula is C15H10FN5. The van der Waals surface area contributed by atoms with Crippen LogP contribution in [-0.2, 0) is 6.54 Å². The van der Waals surface area contributed by atoms with Gasteiger partial charge in [0.15, 0.2) is 5.82 Å². The minimum atomic E-state index is -0.311. The Labute approximate surface area is 119 Å². The molecule has 3 aromatic rings. The van der Waals surface area contributed by atoms with E-state index in [2.05, 4.69) is 20.2 Å². The SMILES string of the molecule is Fc1ccc2c(c1)C(c1ccccn1)=NCc1nncn1-2. The molecule has 5 nitrogen and oxygen atoms in total. The lowest BCUT2D eigenvalue weighted by molar-refractivity contribution is 0.627. The Hall–Kier alpha value is -2.89. The average Bonchev–Trinajstić information content (AvgIpc) is 2.92. The number of pyridine rings is 1. The van der Waals surface area contributed by atoms with E-state index < -0.39 is 0 Å². The second-order valence-electron chi connectivity index (χ2n) is 4.66. The Bertz CT molecular complexity index is 838. The summed E-state index contributed by atoms with van der Waals surface area (Å²) in [5.74, 6) is 0.405. The maximum absolute atomic E-state index is 13.7. The van der Waals surface area contributed by atoms with Gasteiger partial charge in [0.05, 0.1) is 17.1 Å². The number of nitrogens with zero attached hydrogens (tertiary/aromatic N) is 5. The number of fused-ring (bicyclic) bond motifs is 3. The zero-order valence-electron chi connectivity index (χ0n) is 10.9. The maximum atomic E-state index is 13.7. The zero-order chi connectivity index (χ0) is 14.2. The first-order valence-corrected chi connectivity index (χ1v) is 6.48. The Morgan fingerprint density at radius 2 is 2.10 bits per heavy atom. The summed E-state index contributed by atoms with van der Waals surface area (Å²) in [4.78, 5) is 8.87. The van der Waals surface area contributed by atoms with Crippen LogP contribution in [0.4, 0.5) is 4.39 Å². The lowest BCUT2D eigenvalue weighted by Gasteiger charge is -2.10. The van der Waals surface area contributed by atoms with Crippen molar-refractivity contribution >= 4 is 5.71 Å². The topological polar surface area (TPSA) is 56.0 Å². The summed E-state index contributed by atoms with van der Waals surface area (Å²) in [6.07, 6.45) is 3.31. The molecule has 0 spiro atoms. The number of hydrogen-bond donors (Lipinski definition) is 0. The van der Waals surface area contributed by atoms with Crippen LogP contribution in [0.2, 0.25) is 0 Å². The van der Waals surface area contributed by atoms with Gasteiger partial charge < -0.3 is 0 Å². The molecule has 0 aliphatic carbocycles. The van der Waals surface area contributed by atoms with E-state index in [1.54, 1.807) is 18.6 Å². The van der Waals surface area contributed by atoms with Crippen molar-refractivity contribution in [3.05, 3.63) is 71.8 Å². The number of rotatable bonds is 1. The van der Waals surface area contributed by atoms with Crippen LogP contribution in [0.5, 0.6) is 0 Å². The fourth-order valence-electron chi connectivity index (χ4n) is 2.43. The predicted octanol–water partition coefficient (Wildman–Crippen LogP) is 2.15. The lowest BCUT2D eigenvalue weighted by atomic mass is 10.0. The van der Waals surface area contributed by atoms with Crippen LogP contribution in [0, 0.1) is 5.82 Å². The van der Waals surface area contributed by atoms with Crippen molar-refractivity contribution in [2.24, 2.45) is 4.99 Å². The highest BCUT2D eigenvalue weighted by Crippen LogP contribution is 2.24.